The Hall–Kier alpha value is 0.350. The second-order valence-electron chi connectivity index (χ2n) is 4.36. The lowest BCUT2D eigenvalue weighted by Gasteiger charge is -2.24. The van der Waals surface area contributed by atoms with Gasteiger partial charge in [0.05, 0.1) is 0 Å². The Morgan fingerprint density at radius 3 is 1.81 bits per heavy atom. The van der Waals surface area contributed by atoms with Crippen molar-refractivity contribution < 1.29 is 0 Å². The summed E-state index contributed by atoms with van der Waals surface area (Å²) in [5.74, 6) is 0. The minimum Gasteiger partial charge on any atom is -0.305 e. The van der Waals surface area contributed by atoms with Crippen LogP contribution in [-0.4, -0.2) is 68.1 Å². The Morgan fingerprint density at radius 1 is 0.812 bits per heavy atom. The highest BCUT2D eigenvalue weighted by Gasteiger charge is 2.06. The van der Waals surface area contributed by atoms with Crippen molar-refractivity contribution in [3.63, 3.8) is 0 Å². The second-order valence-corrected chi connectivity index (χ2v) is 7.41. The first-order valence-electron chi connectivity index (χ1n) is 6.81. The zero-order valence-electron chi connectivity index (χ0n) is 12.0. The first kappa shape index (κ1) is 16.4. The average molecular weight is 246 g/mol. The SMILES string of the molecule is CCN(CC)CCN(C)CCP(CC)CC. The monoisotopic (exact) mass is 246 g/mol. The summed E-state index contributed by atoms with van der Waals surface area (Å²) in [7, 11) is 2.59. The number of rotatable bonds is 10. The van der Waals surface area contributed by atoms with Gasteiger partial charge in [-0.15, -0.1) is 7.92 Å². The van der Waals surface area contributed by atoms with E-state index in [9.17, 15) is 0 Å². The second kappa shape index (κ2) is 10.5. The van der Waals surface area contributed by atoms with E-state index in [1.54, 1.807) is 0 Å². The maximum atomic E-state index is 2.50. The van der Waals surface area contributed by atoms with Crippen molar-refractivity contribution in [1.82, 2.24) is 9.80 Å². The van der Waals surface area contributed by atoms with Crippen molar-refractivity contribution in [2.75, 3.05) is 58.3 Å². The van der Waals surface area contributed by atoms with Crippen LogP contribution < -0.4 is 0 Å². The molecule has 0 atom stereocenters. The van der Waals surface area contributed by atoms with Gasteiger partial charge in [0.2, 0.25) is 0 Å². The molecule has 0 heterocycles. The quantitative estimate of drug-likeness (QED) is 0.547. The normalized spacial score (nSPS) is 12.0. The van der Waals surface area contributed by atoms with E-state index < -0.39 is 0 Å². The van der Waals surface area contributed by atoms with Crippen LogP contribution in [0.4, 0.5) is 0 Å². The lowest BCUT2D eigenvalue weighted by molar-refractivity contribution is 0.247. The molecule has 0 aromatic carbocycles. The molecule has 0 aliphatic rings. The first-order valence-corrected chi connectivity index (χ1v) is 8.70. The molecule has 0 saturated carbocycles. The number of nitrogens with zero attached hydrogens (tertiary/aromatic N) is 2. The molecule has 0 aromatic rings. The standard InChI is InChI=1S/C13H31N2P/c1-6-15(7-2)11-10-14(5)12-13-16(8-3)9-4/h6-13H2,1-5H3. The van der Waals surface area contributed by atoms with Gasteiger partial charge < -0.3 is 9.80 Å². The van der Waals surface area contributed by atoms with Crippen LogP contribution >= 0.6 is 7.92 Å². The van der Waals surface area contributed by atoms with Crippen LogP contribution in [0.2, 0.25) is 0 Å². The third-order valence-electron chi connectivity index (χ3n) is 3.38. The van der Waals surface area contributed by atoms with Crippen molar-refractivity contribution >= 4 is 7.92 Å². The van der Waals surface area contributed by atoms with Gasteiger partial charge >= 0.3 is 0 Å². The van der Waals surface area contributed by atoms with Crippen molar-refractivity contribution in [2.45, 2.75) is 27.7 Å². The minimum atomic E-state index is 0.323. The smallest absolute Gasteiger partial charge is 0.0109 e. The van der Waals surface area contributed by atoms with E-state index in [-0.39, 0.29) is 0 Å². The van der Waals surface area contributed by atoms with E-state index in [1.165, 1.54) is 51.2 Å². The van der Waals surface area contributed by atoms with Gasteiger partial charge in [0.15, 0.2) is 0 Å². The molecule has 0 spiro atoms. The highest BCUT2D eigenvalue weighted by Crippen LogP contribution is 2.33. The molecule has 0 N–H and O–H groups in total. The first-order chi connectivity index (χ1) is 7.67. The van der Waals surface area contributed by atoms with Crippen molar-refractivity contribution in [3.05, 3.63) is 0 Å². The Morgan fingerprint density at radius 2 is 1.38 bits per heavy atom. The molecule has 0 fully saturated rings. The van der Waals surface area contributed by atoms with Gasteiger partial charge in [0.25, 0.3) is 0 Å². The van der Waals surface area contributed by atoms with Gasteiger partial charge in [0.1, 0.15) is 0 Å². The topological polar surface area (TPSA) is 6.48 Å². The van der Waals surface area contributed by atoms with E-state index in [1.807, 2.05) is 0 Å². The zero-order valence-corrected chi connectivity index (χ0v) is 12.9. The summed E-state index contributed by atoms with van der Waals surface area (Å²) in [6.45, 7) is 15.3. The number of hydrogen-bond donors (Lipinski definition) is 0. The fourth-order valence-corrected chi connectivity index (χ4v) is 3.52. The Kier molecular flexibility index (Phi) is 10.7. The lowest BCUT2D eigenvalue weighted by atomic mass is 10.4. The van der Waals surface area contributed by atoms with Gasteiger partial charge in [0, 0.05) is 19.6 Å². The Labute approximate surface area is 104 Å². The van der Waals surface area contributed by atoms with E-state index in [0.29, 0.717) is 7.92 Å². The van der Waals surface area contributed by atoms with Crippen LogP contribution in [0, 0.1) is 0 Å². The molecule has 0 aliphatic heterocycles. The molecule has 16 heavy (non-hydrogen) atoms. The van der Waals surface area contributed by atoms with E-state index >= 15 is 0 Å². The molecule has 2 nitrogen and oxygen atoms in total. The molecule has 0 bridgehead atoms. The summed E-state index contributed by atoms with van der Waals surface area (Å²) in [6, 6.07) is 0. The molecule has 0 radical (unpaired) electrons. The van der Waals surface area contributed by atoms with Crippen molar-refractivity contribution in [3.8, 4) is 0 Å². The summed E-state index contributed by atoms with van der Waals surface area (Å²) in [5.41, 5.74) is 0. The Bertz CT molecular complexity index is 129. The van der Waals surface area contributed by atoms with Gasteiger partial charge in [-0.25, -0.2) is 0 Å². The highest BCUT2D eigenvalue weighted by atomic mass is 31.1. The highest BCUT2D eigenvalue weighted by molar-refractivity contribution is 7.57. The predicted molar refractivity (Wildman–Crippen MR) is 78.2 cm³/mol. The summed E-state index contributed by atoms with van der Waals surface area (Å²) in [6.07, 6.45) is 4.22. The van der Waals surface area contributed by atoms with Gasteiger partial charge in [-0.1, -0.05) is 27.7 Å². The molecule has 0 unspecified atom stereocenters. The zero-order chi connectivity index (χ0) is 12.4. The van der Waals surface area contributed by atoms with Crippen molar-refractivity contribution in [2.24, 2.45) is 0 Å². The molecular formula is C13H31N2P. The largest absolute Gasteiger partial charge is 0.305 e. The van der Waals surface area contributed by atoms with Gasteiger partial charge in [-0.2, -0.15) is 0 Å². The summed E-state index contributed by atoms with van der Waals surface area (Å²) < 4.78 is 0. The average Bonchev–Trinajstić information content (AvgIpc) is 2.31. The van der Waals surface area contributed by atoms with Crippen LogP contribution in [0.25, 0.3) is 0 Å². The molecular weight excluding hydrogens is 215 g/mol. The van der Waals surface area contributed by atoms with Gasteiger partial charge in [-0.3, -0.25) is 0 Å². The molecule has 0 rings (SSSR count). The fourth-order valence-electron chi connectivity index (χ4n) is 1.82. The molecule has 0 amide bonds. The van der Waals surface area contributed by atoms with E-state index in [2.05, 4.69) is 44.5 Å². The van der Waals surface area contributed by atoms with Crippen molar-refractivity contribution in [1.29, 1.82) is 0 Å². The van der Waals surface area contributed by atoms with E-state index in [4.69, 9.17) is 0 Å². The maximum absolute atomic E-state index is 2.50. The van der Waals surface area contributed by atoms with Crippen LogP contribution in [0.1, 0.15) is 27.7 Å². The lowest BCUT2D eigenvalue weighted by Crippen LogP contribution is -2.34. The predicted octanol–water partition coefficient (Wildman–Crippen LogP) is 2.78. The molecule has 0 aliphatic carbocycles. The van der Waals surface area contributed by atoms with E-state index in [0.717, 1.165) is 0 Å². The Balaban J connectivity index is 3.61. The third-order valence-corrected chi connectivity index (χ3v) is 6.01. The summed E-state index contributed by atoms with van der Waals surface area (Å²) >= 11 is 0. The molecule has 0 saturated heterocycles. The molecule has 3 heteroatoms. The van der Waals surface area contributed by atoms with Crippen LogP contribution in [0.15, 0.2) is 0 Å². The summed E-state index contributed by atoms with van der Waals surface area (Å²) in [4.78, 5) is 5.00. The van der Waals surface area contributed by atoms with Crippen LogP contribution in [0.5, 0.6) is 0 Å². The third kappa shape index (κ3) is 7.60. The van der Waals surface area contributed by atoms with Gasteiger partial charge in [-0.05, 0) is 38.6 Å². The maximum Gasteiger partial charge on any atom is 0.0109 e. The molecule has 0 aromatic heterocycles. The van der Waals surface area contributed by atoms with Crippen LogP contribution in [0.3, 0.4) is 0 Å². The minimum absolute atomic E-state index is 0.323. The molecule has 98 valence electrons. The number of likely N-dealkylation sites (N-methyl/N-ethyl adjacent to an activating group) is 2. The fraction of sp³-hybridized carbons (Fsp3) is 1.00. The number of hydrogen-bond acceptors (Lipinski definition) is 2. The van der Waals surface area contributed by atoms with Crippen LogP contribution in [-0.2, 0) is 0 Å². The summed E-state index contributed by atoms with van der Waals surface area (Å²) in [5, 5.41) is 0.